The van der Waals surface area contributed by atoms with Gasteiger partial charge in [-0.25, -0.2) is 4.79 Å². The summed E-state index contributed by atoms with van der Waals surface area (Å²) >= 11 is 0. The minimum Gasteiger partial charge on any atom is -0.475 e. The van der Waals surface area contributed by atoms with Crippen LogP contribution in [0.3, 0.4) is 0 Å². The molecule has 10 nitrogen and oxygen atoms in total. The number of H-pyrrole nitrogens is 1. The lowest BCUT2D eigenvalue weighted by Gasteiger charge is -2.30. The number of amides is 2. The molecule has 0 atom stereocenters. The maximum atomic E-state index is 13.1. The van der Waals surface area contributed by atoms with Crippen molar-refractivity contribution in [3.05, 3.63) is 70.7 Å². The molecule has 0 spiro atoms. The highest BCUT2D eigenvalue weighted by Gasteiger charge is 2.38. The second-order valence-electron chi connectivity index (χ2n) is 10.6. The molecule has 0 unspecified atom stereocenters. The third-order valence-electron chi connectivity index (χ3n) is 7.60. The third-order valence-corrected chi connectivity index (χ3v) is 7.60. The number of benzene rings is 1. The monoisotopic (exact) mass is 611 g/mol. The summed E-state index contributed by atoms with van der Waals surface area (Å²) in [5.74, 6) is -2.67. The molecule has 3 aliphatic rings. The number of hydrogen-bond acceptors (Lipinski definition) is 6. The Balaban J connectivity index is 0.000000493. The van der Waals surface area contributed by atoms with E-state index in [1.807, 2.05) is 47.4 Å². The number of carbonyl (C=O) groups is 3. The van der Waals surface area contributed by atoms with Crippen molar-refractivity contribution in [2.45, 2.75) is 25.4 Å². The molecule has 44 heavy (non-hydrogen) atoms. The number of fused-ring (bicyclic) bond motifs is 1. The van der Waals surface area contributed by atoms with E-state index in [4.69, 9.17) is 14.6 Å². The molecule has 3 aliphatic heterocycles. The van der Waals surface area contributed by atoms with Gasteiger partial charge >= 0.3 is 12.1 Å². The van der Waals surface area contributed by atoms with Crippen LogP contribution in [0.5, 0.6) is 0 Å². The topological polar surface area (TPSA) is 128 Å². The van der Waals surface area contributed by atoms with Crippen LogP contribution in [0.15, 0.2) is 42.6 Å². The minimum atomic E-state index is -5.08. The molecular weight excluding hydrogens is 579 g/mol. The Morgan fingerprint density at radius 2 is 1.73 bits per heavy atom. The molecule has 1 aromatic carbocycles. The number of hydrogen-bond donors (Lipinski definition) is 3. The Morgan fingerprint density at radius 1 is 1.00 bits per heavy atom. The maximum absolute atomic E-state index is 13.1. The van der Waals surface area contributed by atoms with E-state index in [0.717, 1.165) is 84.9 Å². The Morgan fingerprint density at radius 3 is 2.41 bits per heavy atom. The number of aromatic amines is 1. The van der Waals surface area contributed by atoms with Crippen LogP contribution >= 0.6 is 0 Å². The fourth-order valence-corrected chi connectivity index (χ4v) is 5.33. The van der Waals surface area contributed by atoms with E-state index in [-0.39, 0.29) is 11.8 Å². The second-order valence-corrected chi connectivity index (χ2v) is 10.6. The van der Waals surface area contributed by atoms with E-state index in [1.54, 1.807) is 6.20 Å². The van der Waals surface area contributed by atoms with Crippen LogP contribution < -0.4 is 10.2 Å². The molecule has 3 N–H and O–H groups in total. The van der Waals surface area contributed by atoms with Crippen LogP contribution in [-0.4, -0.2) is 89.9 Å². The van der Waals surface area contributed by atoms with Crippen molar-refractivity contribution in [1.29, 1.82) is 0 Å². The zero-order valence-electron chi connectivity index (χ0n) is 23.8. The minimum absolute atomic E-state index is 0.0276. The van der Waals surface area contributed by atoms with E-state index >= 15 is 0 Å². The van der Waals surface area contributed by atoms with Gasteiger partial charge in [0.05, 0.1) is 24.5 Å². The SMILES string of the molecule is O=C(O)C(F)(F)F.O=C1NCCc2[nH]c(-c3ccnc(/C=C/c4ccc(C(=O)N5CCCC5)cc4N4CCOCC4)c3)cc21. The van der Waals surface area contributed by atoms with Gasteiger partial charge in [0.2, 0.25) is 0 Å². The van der Waals surface area contributed by atoms with Gasteiger partial charge in [-0.05, 0) is 54.8 Å². The van der Waals surface area contributed by atoms with Gasteiger partial charge in [0.25, 0.3) is 11.8 Å². The molecule has 0 aliphatic carbocycles. The van der Waals surface area contributed by atoms with Gasteiger partial charge in [0.15, 0.2) is 0 Å². The molecule has 5 heterocycles. The number of anilines is 1. The number of nitrogens with zero attached hydrogens (tertiary/aromatic N) is 3. The normalized spacial score (nSPS) is 16.8. The number of carboxylic acid groups (broad SMARTS) is 1. The Kier molecular flexibility index (Phi) is 9.33. The van der Waals surface area contributed by atoms with E-state index in [1.165, 1.54) is 0 Å². The maximum Gasteiger partial charge on any atom is 0.490 e. The van der Waals surface area contributed by atoms with Gasteiger partial charge in [0.1, 0.15) is 0 Å². The molecule has 13 heteroatoms. The largest absolute Gasteiger partial charge is 0.490 e. The fourth-order valence-electron chi connectivity index (χ4n) is 5.33. The van der Waals surface area contributed by atoms with Gasteiger partial charge in [-0.2, -0.15) is 13.2 Å². The molecule has 2 fully saturated rings. The lowest BCUT2D eigenvalue weighted by Crippen LogP contribution is -2.37. The predicted octanol–water partition coefficient (Wildman–Crippen LogP) is 4.24. The predicted molar refractivity (Wildman–Crippen MR) is 157 cm³/mol. The molecular formula is C31H32F3N5O5. The molecule has 3 aromatic rings. The number of nitrogens with one attached hydrogen (secondary N) is 2. The molecule has 0 saturated carbocycles. The van der Waals surface area contributed by atoms with E-state index in [0.29, 0.717) is 25.3 Å². The standard InChI is InChI=1S/C29H31N5O3.C2HF3O2/c35-28-24-19-26(32-25(24)8-10-31-28)21-7-9-30-23(17-21)6-5-20-3-4-22(29(36)34-11-1-2-12-34)18-27(20)33-13-15-37-16-14-33;3-2(4,5)1(6)7/h3-7,9,17-19,32H,1-2,8,10-16H2,(H,31,35);(H,6,7)/b6-5+;. The van der Waals surface area contributed by atoms with E-state index in [2.05, 4.69) is 26.3 Å². The highest BCUT2D eigenvalue weighted by molar-refractivity contribution is 5.98. The Labute approximate surface area is 251 Å². The second kappa shape index (κ2) is 13.3. The number of likely N-dealkylation sites (tertiary alicyclic amines) is 1. The summed E-state index contributed by atoms with van der Waals surface area (Å²) in [7, 11) is 0. The highest BCUT2D eigenvalue weighted by atomic mass is 19.4. The zero-order chi connectivity index (χ0) is 31.3. The van der Waals surface area contributed by atoms with Gasteiger partial charge in [-0.15, -0.1) is 0 Å². The number of aliphatic carboxylic acids is 1. The van der Waals surface area contributed by atoms with Crippen molar-refractivity contribution in [3.8, 4) is 11.3 Å². The van der Waals surface area contributed by atoms with Crippen LogP contribution in [0, 0.1) is 0 Å². The quantitative estimate of drug-likeness (QED) is 0.394. The number of ether oxygens (including phenoxy) is 1. The van der Waals surface area contributed by atoms with Crippen LogP contribution in [0.2, 0.25) is 0 Å². The third kappa shape index (κ3) is 7.28. The summed E-state index contributed by atoms with van der Waals surface area (Å²) in [4.78, 5) is 46.3. The fraction of sp³-hybridized carbons (Fsp3) is 0.355. The molecule has 2 saturated heterocycles. The number of carboxylic acids is 1. The first-order valence-electron chi connectivity index (χ1n) is 14.3. The number of rotatable bonds is 5. The van der Waals surface area contributed by atoms with Crippen molar-refractivity contribution in [1.82, 2.24) is 20.2 Å². The number of halogens is 3. The Bertz CT molecular complexity index is 1560. The lowest BCUT2D eigenvalue weighted by atomic mass is 10.0. The first-order chi connectivity index (χ1) is 21.1. The molecule has 0 bridgehead atoms. The summed E-state index contributed by atoms with van der Waals surface area (Å²) in [6, 6.07) is 11.9. The van der Waals surface area contributed by atoms with Gasteiger partial charge in [0, 0.05) is 73.5 Å². The van der Waals surface area contributed by atoms with Crippen LogP contribution in [-0.2, 0) is 16.0 Å². The molecule has 2 aromatic heterocycles. The first-order valence-corrected chi connectivity index (χ1v) is 14.3. The number of aromatic nitrogens is 2. The average Bonchev–Trinajstić information content (AvgIpc) is 3.72. The van der Waals surface area contributed by atoms with Gasteiger partial charge < -0.3 is 29.9 Å². The summed E-state index contributed by atoms with van der Waals surface area (Å²) in [6.07, 6.45) is 3.73. The van der Waals surface area contributed by atoms with Crippen molar-refractivity contribution < 1.29 is 37.4 Å². The van der Waals surface area contributed by atoms with Crippen molar-refractivity contribution in [3.63, 3.8) is 0 Å². The van der Waals surface area contributed by atoms with Crippen LogP contribution in [0.1, 0.15) is 50.5 Å². The van der Waals surface area contributed by atoms with E-state index < -0.39 is 12.1 Å². The number of pyridine rings is 1. The molecule has 232 valence electrons. The summed E-state index contributed by atoms with van der Waals surface area (Å²) < 4.78 is 37.3. The van der Waals surface area contributed by atoms with Crippen molar-refractivity contribution in [2.24, 2.45) is 0 Å². The Hall–Kier alpha value is -4.65. The number of morpholine rings is 1. The number of alkyl halides is 3. The van der Waals surface area contributed by atoms with Gasteiger partial charge in [-0.3, -0.25) is 14.6 Å². The number of carbonyl (C=O) groups excluding carboxylic acids is 2. The summed E-state index contributed by atoms with van der Waals surface area (Å²) in [6.45, 7) is 5.27. The first kappa shape index (κ1) is 30.8. The van der Waals surface area contributed by atoms with E-state index in [9.17, 15) is 22.8 Å². The van der Waals surface area contributed by atoms with Crippen molar-refractivity contribution >= 4 is 35.6 Å². The molecule has 0 radical (unpaired) electrons. The zero-order valence-corrected chi connectivity index (χ0v) is 23.8. The molecule has 2 amide bonds. The summed E-state index contributed by atoms with van der Waals surface area (Å²) in [5.41, 5.74) is 7.23. The average molecular weight is 612 g/mol. The van der Waals surface area contributed by atoms with Gasteiger partial charge in [-0.1, -0.05) is 12.1 Å². The van der Waals surface area contributed by atoms with Crippen molar-refractivity contribution in [2.75, 3.05) is 50.8 Å². The summed E-state index contributed by atoms with van der Waals surface area (Å²) in [5, 5.41) is 10.0. The smallest absolute Gasteiger partial charge is 0.475 e. The van der Waals surface area contributed by atoms with Crippen LogP contribution in [0.25, 0.3) is 23.4 Å². The van der Waals surface area contributed by atoms with Crippen LogP contribution in [0.4, 0.5) is 18.9 Å². The lowest BCUT2D eigenvalue weighted by molar-refractivity contribution is -0.192. The molecule has 6 rings (SSSR count). The highest BCUT2D eigenvalue weighted by Crippen LogP contribution is 2.28.